The first-order valence-electron chi connectivity index (χ1n) is 15.7. The van der Waals surface area contributed by atoms with Crippen molar-refractivity contribution in [3.05, 3.63) is 108 Å². The predicted molar refractivity (Wildman–Crippen MR) is 168 cm³/mol. The highest BCUT2D eigenvalue weighted by Gasteiger charge is 2.61. The van der Waals surface area contributed by atoms with Gasteiger partial charge < -0.3 is 0 Å². The van der Waals surface area contributed by atoms with Gasteiger partial charge in [0.15, 0.2) is 0 Å². The van der Waals surface area contributed by atoms with Gasteiger partial charge >= 0.3 is 0 Å². The second-order valence-corrected chi connectivity index (χ2v) is 13.9. The Morgan fingerprint density at radius 3 is 1.41 bits per heavy atom. The maximum absolute atomic E-state index is 4.25. The molecule has 6 atom stereocenters. The molecule has 4 aliphatic rings. The molecule has 0 nitrogen and oxygen atoms in total. The van der Waals surface area contributed by atoms with Gasteiger partial charge in [0.25, 0.3) is 0 Å². The Hall–Kier alpha value is -2.60. The van der Waals surface area contributed by atoms with E-state index in [1.54, 1.807) is 0 Å². The molecule has 6 unspecified atom stereocenters. The summed E-state index contributed by atoms with van der Waals surface area (Å²) in [5.41, 5.74) is 7.71. The van der Waals surface area contributed by atoms with Crippen molar-refractivity contribution in [3.63, 3.8) is 0 Å². The summed E-state index contributed by atoms with van der Waals surface area (Å²) in [6.45, 7) is 17.8. The molecule has 4 aliphatic carbocycles. The lowest BCUT2D eigenvalue weighted by Gasteiger charge is -2.50. The molecule has 204 valence electrons. The first kappa shape index (κ1) is 26.6. The number of hydrogen-bond donors (Lipinski definition) is 0. The molecule has 0 aromatic heterocycles. The quantitative estimate of drug-likeness (QED) is 0.358. The van der Waals surface area contributed by atoms with Gasteiger partial charge in [-0.2, -0.15) is 0 Å². The Morgan fingerprint density at radius 2 is 1.03 bits per heavy atom. The van der Waals surface area contributed by atoms with Crippen LogP contribution in [0.1, 0.15) is 88.5 Å². The topological polar surface area (TPSA) is 0 Å². The molecule has 6 rings (SSSR count). The van der Waals surface area contributed by atoms with Crippen LogP contribution in [0.2, 0.25) is 0 Å². The third-order valence-electron chi connectivity index (χ3n) is 11.4. The Bertz CT molecular complexity index is 1170. The maximum atomic E-state index is 4.25. The fourth-order valence-electron chi connectivity index (χ4n) is 9.72. The largest absolute Gasteiger partial charge is 0.0955 e. The lowest BCUT2D eigenvalue weighted by atomic mass is 9.52. The molecule has 0 heterocycles. The lowest BCUT2D eigenvalue weighted by molar-refractivity contribution is 0.111. The van der Waals surface area contributed by atoms with Gasteiger partial charge in [-0.25, -0.2) is 0 Å². The zero-order valence-electron chi connectivity index (χ0n) is 24.7. The second-order valence-electron chi connectivity index (χ2n) is 13.9. The minimum atomic E-state index is -0.0752. The standard InChI is InChI=1S/C39H48/c1-25(2)29-13-17-32(18-14-29)39(31-9-7-8-10-31,33-19-15-30(16-20-33)26(3)4)38-34-21-11-27(5)23-36(34)37-24-28(6)12-22-35(37)38/h7-10,13-20,27-28,31,34-38H,1,3,11-12,21-24H2,2,4-6H3. The zero-order valence-corrected chi connectivity index (χ0v) is 24.7. The summed E-state index contributed by atoms with van der Waals surface area (Å²) in [6.07, 6.45) is 18.1. The Labute approximate surface area is 238 Å². The molecule has 0 aliphatic heterocycles. The predicted octanol–water partition coefficient (Wildman–Crippen LogP) is 10.5. The summed E-state index contributed by atoms with van der Waals surface area (Å²) in [6, 6.07) is 19.2. The van der Waals surface area contributed by atoms with E-state index in [2.05, 4.69) is 114 Å². The van der Waals surface area contributed by atoms with E-state index in [1.807, 2.05) is 0 Å². The van der Waals surface area contributed by atoms with Gasteiger partial charge in [0.05, 0.1) is 0 Å². The highest BCUT2D eigenvalue weighted by Crippen LogP contribution is 2.66. The molecule has 0 amide bonds. The van der Waals surface area contributed by atoms with Crippen LogP contribution in [0.25, 0.3) is 11.1 Å². The summed E-state index contributed by atoms with van der Waals surface area (Å²) < 4.78 is 0. The minimum absolute atomic E-state index is 0.0752. The molecule has 39 heavy (non-hydrogen) atoms. The molecule has 0 bridgehead atoms. The first-order chi connectivity index (χ1) is 18.8. The van der Waals surface area contributed by atoms with Crippen molar-refractivity contribution in [3.8, 4) is 0 Å². The molecule has 0 saturated heterocycles. The molecule has 2 aromatic carbocycles. The fraction of sp³-hybridized carbons (Fsp3) is 0.487. The summed E-state index contributed by atoms with van der Waals surface area (Å²) in [5.74, 6) is 6.11. The summed E-state index contributed by atoms with van der Waals surface area (Å²) >= 11 is 0. The van der Waals surface area contributed by atoms with Crippen molar-refractivity contribution in [1.82, 2.24) is 0 Å². The van der Waals surface area contributed by atoms with E-state index in [0.29, 0.717) is 11.8 Å². The Balaban J connectivity index is 1.60. The van der Waals surface area contributed by atoms with E-state index in [4.69, 9.17) is 0 Å². The molecule has 2 aromatic rings. The number of fused-ring (bicyclic) bond motifs is 3. The molecule has 3 fully saturated rings. The van der Waals surface area contributed by atoms with E-state index in [0.717, 1.165) is 46.7 Å². The number of rotatable bonds is 6. The van der Waals surface area contributed by atoms with Crippen LogP contribution in [0.15, 0.2) is 86.0 Å². The van der Waals surface area contributed by atoms with E-state index >= 15 is 0 Å². The Morgan fingerprint density at radius 1 is 0.615 bits per heavy atom. The summed E-state index contributed by atoms with van der Waals surface area (Å²) in [4.78, 5) is 0. The Kier molecular flexibility index (Phi) is 7.11. The van der Waals surface area contributed by atoms with Crippen LogP contribution in [0.3, 0.4) is 0 Å². The summed E-state index contributed by atoms with van der Waals surface area (Å²) in [7, 11) is 0. The summed E-state index contributed by atoms with van der Waals surface area (Å²) in [5, 5.41) is 0. The second kappa shape index (κ2) is 10.4. The van der Waals surface area contributed by atoms with Crippen LogP contribution < -0.4 is 0 Å². The van der Waals surface area contributed by atoms with E-state index in [-0.39, 0.29) is 5.41 Å². The molecule has 0 N–H and O–H groups in total. The van der Waals surface area contributed by atoms with E-state index in [9.17, 15) is 0 Å². The van der Waals surface area contributed by atoms with E-state index in [1.165, 1.54) is 60.8 Å². The van der Waals surface area contributed by atoms with Crippen molar-refractivity contribution >= 4 is 11.1 Å². The third kappa shape index (κ3) is 4.43. The van der Waals surface area contributed by atoms with Crippen molar-refractivity contribution in [2.45, 2.75) is 71.6 Å². The van der Waals surface area contributed by atoms with Gasteiger partial charge in [-0.1, -0.05) is 124 Å². The monoisotopic (exact) mass is 516 g/mol. The third-order valence-corrected chi connectivity index (χ3v) is 11.4. The van der Waals surface area contributed by atoms with Gasteiger partial charge in [0.2, 0.25) is 0 Å². The maximum Gasteiger partial charge on any atom is 0.0333 e. The minimum Gasteiger partial charge on any atom is -0.0955 e. The van der Waals surface area contributed by atoms with Crippen LogP contribution in [-0.2, 0) is 5.41 Å². The SMILES string of the molecule is C=C(C)c1ccc(C(c2ccc(C(=C)C)cc2)(C2C=CC=C2)C2C3CCC(C)CC3C3CC(C)CCC32)cc1. The molecular formula is C39H48. The average Bonchev–Trinajstić information content (AvgIpc) is 3.57. The number of allylic oxidation sites excluding steroid dienone is 6. The molecular weight excluding hydrogens is 468 g/mol. The van der Waals surface area contributed by atoms with Crippen LogP contribution >= 0.6 is 0 Å². The average molecular weight is 517 g/mol. The van der Waals surface area contributed by atoms with Crippen LogP contribution in [0, 0.1) is 47.3 Å². The van der Waals surface area contributed by atoms with E-state index < -0.39 is 0 Å². The fourth-order valence-corrected chi connectivity index (χ4v) is 9.72. The molecule has 0 radical (unpaired) electrons. The first-order valence-corrected chi connectivity index (χ1v) is 15.7. The van der Waals surface area contributed by atoms with Crippen molar-refractivity contribution in [1.29, 1.82) is 0 Å². The molecule has 0 heteroatoms. The highest BCUT2D eigenvalue weighted by molar-refractivity contribution is 5.64. The molecule has 3 saturated carbocycles. The van der Waals surface area contributed by atoms with Gasteiger partial charge in [-0.15, -0.1) is 0 Å². The number of hydrogen-bond acceptors (Lipinski definition) is 0. The smallest absolute Gasteiger partial charge is 0.0333 e. The number of benzene rings is 2. The molecule has 0 spiro atoms. The van der Waals surface area contributed by atoms with Gasteiger partial charge in [0, 0.05) is 11.3 Å². The van der Waals surface area contributed by atoms with Crippen LogP contribution in [0.5, 0.6) is 0 Å². The lowest BCUT2D eigenvalue weighted by Crippen LogP contribution is -2.47. The van der Waals surface area contributed by atoms with Crippen molar-refractivity contribution in [2.24, 2.45) is 47.3 Å². The van der Waals surface area contributed by atoms with Crippen molar-refractivity contribution in [2.75, 3.05) is 0 Å². The highest BCUT2D eigenvalue weighted by atomic mass is 14.6. The van der Waals surface area contributed by atoms with Gasteiger partial charge in [-0.3, -0.25) is 0 Å². The van der Waals surface area contributed by atoms with Gasteiger partial charge in [0.1, 0.15) is 0 Å². The van der Waals surface area contributed by atoms with Crippen molar-refractivity contribution < 1.29 is 0 Å². The van der Waals surface area contributed by atoms with Crippen LogP contribution in [-0.4, -0.2) is 0 Å². The van der Waals surface area contributed by atoms with Crippen LogP contribution in [0.4, 0.5) is 0 Å². The van der Waals surface area contributed by atoms with Gasteiger partial charge in [-0.05, 0) is 103 Å². The normalized spacial score (nSPS) is 32.2. The zero-order chi connectivity index (χ0) is 27.3.